The number of hydrogen-bond acceptors (Lipinski definition) is 5. The van der Waals surface area contributed by atoms with Gasteiger partial charge in [-0.3, -0.25) is 14.4 Å². The van der Waals surface area contributed by atoms with E-state index in [0.29, 0.717) is 38.3 Å². The van der Waals surface area contributed by atoms with Crippen molar-refractivity contribution in [1.29, 1.82) is 0 Å². The van der Waals surface area contributed by atoms with Crippen LogP contribution in [0.3, 0.4) is 0 Å². The highest BCUT2D eigenvalue weighted by Gasteiger charge is 2.11. The first-order chi connectivity index (χ1) is 17.5. The summed E-state index contributed by atoms with van der Waals surface area (Å²) in [7, 11) is 0. The summed E-state index contributed by atoms with van der Waals surface area (Å²) in [5.74, 6) is 1.67. The number of benzene rings is 1. The zero-order valence-electron chi connectivity index (χ0n) is 20.9. The maximum atomic E-state index is 12.2. The molecule has 1 aromatic rings. The number of rotatable bonds is 16. The number of amides is 3. The van der Waals surface area contributed by atoms with Crippen LogP contribution in [0.1, 0.15) is 32.6 Å². The lowest BCUT2D eigenvalue weighted by atomic mass is 10.1. The third-order valence-corrected chi connectivity index (χ3v) is 6.20. The van der Waals surface area contributed by atoms with Crippen LogP contribution in [0, 0.1) is 0 Å². The Morgan fingerprint density at radius 2 is 1.61 bits per heavy atom. The van der Waals surface area contributed by atoms with E-state index < -0.39 is 0 Å². The molecule has 1 atom stereocenters. The van der Waals surface area contributed by atoms with Crippen LogP contribution < -0.4 is 20.7 Å². The largest absolute Gasteiger partial charge is 0.494 e. The standard InChI is InChI=1S/C28H37N3O4S/c1-23(24-12-6-3-2-4-7-13-24)31-27(33)17-19-30-28(34)22-36-21-10-16-26(32)29-18-11-20-35-25-14-8-5-9-15-25/h2-9,12-15,23H,10-11,16-22H2,1H3,(H,29,32)(H,30,34)(H,31,33)/b3-2-,4-2?,6-3?,7-4-,12-6?,13-7?,24-12?,24-13?. The van der Waals surface area contributed by atoms with E-state index in [1.165, 1.54) is 11.8 Å². The van der Waals surface area contributed by atoms with Gasteiger partial charge < -0.3 is 20.7 Å². The minimum atomic E-state index is -0.115. The van der Waals surface area contributed by atoms with Crippen molar-refractivity contribution in [3.8, 4) is 5.75 Å². The van der Waals surface area contributed by atoms with E-state index >= 15 is 0 Å². The Kier molecular flexibility index (Phi) is 14.5. The molecule has 7 nitrogen and oxygen atoms in total. The van der Waals surface area contributed by atoms with Gasteiger partial charge in [0.1, 0.15) is 5.75 Å². The monoisotopic (exact) mass is 511 g/mol. The van der Waals surface area contributed by atoms with E-state index in [1.54, 1.807) is 0 Å². The second-order valence-corrected chi connectivity index (χ2v) is 9.31. The lowest BCUT2D eigenvalue weighted by Crippen LogP contribution is -2.36. The molecule has 0 aliphatic heterocycles. The molecule has 0 radical (unpaired) electrons. The maximum absolute atomic E-state index is 12.2. The molecule has 0 saturated carbocycles. The molecule has 3 amide bonds. The van der Waals surface area contributed by atoms with Gasteiger partial charge in [0.2, 0.25) is 17.7 Å². The van der Waals surface area contributed by atoms with Crippen LogP contribution in [0.2, 0.25) is 0 Å². The lowest BCUT2D eigenvalue weighted by molar-refractivity contribution is -0.122. The third-order valence-electron chi connectivity index (χ3n) is 5.15. The fraction of sp³-hybridized carbons (Fsp3) is 0.393. The maximum Gasteiger partial charge on any atom is 0.230 e. The van der Waals surface area contributed by atoms with E-state index in [9.17, 15) is 14.4 Å². The first-order valence-electron chi connectivity index (χ1n) is 12.3. The quantitative estimate of drug-likeness (QED) is 0.294. The van der Waals surface area contributed by atoms with E-state index in [1.807, 2.05) is 79.8 Å². The second kappa shape index (κ2) is 18.1. The van der Waals surface area contributed by atoms with E-state index in [2.05, 4.69) is 16.0 Å². The van der Waals surface area contributed by atoms with Crippen molar-refractivity contribution in [2.45, 2.75) is 38.6 Å². The van der Waals surface area contributed by atoms with Crippen molar-refractivity contribution >= 4 is 29.5 Å². The second-order valence-electron chi connectivity index (χ2n) is 8.21. The van der Waals surface area contributed by atoms with Crippen molar-refractivity contribution in [3.05, 3.63) is 78.4 Å². The van der Waals surface area contributed by atoms with E-state index in [4.69, 9.17) is 4.74 Å². The zero-order chi connectivity index (χ0) is 25.8. The predicted octanol–water partition coefficient (Wildman–Crippen LogP) is 3.70. The van der Waals surface area contributed by atoms with Gasteiger partial charge in [0.15, 0.2) is 0 Å². The molecule has 1 aliphatic carbocycles. The van der Waals surface area contributed by atoms with E-state index in [-0.39, 0.29) is 30.2 Å². The topological polar surface area (TPSA) is 96.5 Å². The molecule has 1 aromatic carbocycles. The van der Waals surface area contributed by atoms with Crippen LogP contribution in [-0.2, 0) is 14.4 Å². The predicted molar refractivity (Wildman–Crippen MR) is 147 cm³/mol. The van der Waals surface area contributed by atoms with Crippen LogP contribution in [-0.4, -0.2) is 55.0 Å². The lowest BCUT2D eigenvalue weighted by Gasteiger charge is -2.15. The summed E-state index contributed by atoms with van der Waals surface area (Å²) in [5, 5.41) is 8.62. The Labute approximate surface area is 218 Å². The summed E-state index contributed by atoms with van der Waals surface area (Å²) in [4.78, 5) is 36.1. The van der Waals surface area contributed by atoms with Gasteiger partial charge in [0, 0.05) is 25.9 Å². The van der Waals surface area contributed by atoms with Crippen LogP contribution in [0.15, 0.2) is 78.4 Å². The molecular weight excluding hydrogens is 474 g/mol. The van der Waals surface area contributed by atoms with Crippen molar-refractivity contribution in [2.75, 3.05) is 31.2 Å². The normalized spacial score (nSPS) is 15.0. The zero-order valence-corrected chi connectivity index (χ0v) is 21.7. The Morgan fingerprint density at radius 1 is 0.861 bits per heavy atom. The summed E-state index contributed by atoms with van der Waals surface area (Å²) in [6.45, 7) is 3.37. The Hall–Kier alpha value is -3.26. The van der Waals surface area contributed by atoms with Gasteiger partial charge in [-0.1, -0.05) is 60.7 Å². The van der Waals surface area contributed by atoms with Crippen molar-refractivity contribution in [3.63, 3.8) is 0 Å². The molecule has 1 unspecified atom stereocenters. The molecule has 3 N–H and O–H groups in total. The molecule has 194 valence electrons. The molecule has 2 rings (SSSR count). The fourth-order valence-corrected chi connectivity index (χ4v) is 4.01. The molecule has 0 saturated heterocycles. The Balaban J connectivity index is 1.43. The summed E-state index contributed by atoms with van der Waals surface area (Å²) in [6.07, 6.45) is 15.7. The first kappa shape index (κ1) is 29.0. The summed E-state index contributed by atoms with van der Waals surface area (Å²) >= 11 is 1.49. The smallest absolute Gasteiger partial charge is 0.230 e. The number of carbonyl (C=O) groups is 3. The van der Waals surface area contributed by atoms with Gasteiger partial charge in [-0.05, 0) is 43.2 Å². The number of para-hydroxylation sites is 1. The summed E-state index contributed by atoms with van der Waals surface area (Å²) < 4.78 is 5.59. The Morgan fingerprint density at radius 3 is 2.44 bits per heavy atom. The minimum absolute atomic E-state index is 0.0122. The average Bonchev–Trinajstić information content (AvgIpc) is 2.84. The molecule has 36 heavy (non-hydrogen) atoms. The molecule has 0 heterocycles. The summed E-state index contributed by atoms with van der Waals surface area (Å²) in [6, 6.07) is 9.48. The van der Waals surface area contributed by atoms with Gasteiger partial charge in [0.05, 0.1) is 18.4 Å². The SMILES string of the molecule is CC(NC(=O)CCNC(=O)CSCCCC(=O)NCCCOc1ccccc1)C1=C/C=C\C=C/C=C1. The molecule has 1 aliphatic rings. The van der Waals surface area contributed by atoms with Crippen molar-refractivity contribution < 1.29 is 19.1 Å². The first-order valence-corrected chi connectivity index (χ1v) is 13.5. The molecule has 0 spiro atoms. The number of thioether (sulfide) groups is 1. The van der Waals surface area contributed by atoms with Crippen LogP contribution in [0.25, 0.3) is 0 Å². The number of nitrogens with one attached hydrogen (secondary N) is 3. The fourth-order valence-electron chi connectivity index (χ4n) is 3.23. The van der Waals surface area contributed by atoms with Gasteiger partial charge in [-0.15, -0.1) is 0 Å². The highest BCUT2D eigenvalue weighted by atomic mass is 32.2. The average molecular weight is 512 g/mol. The number of ether oxygens (including phenoxy) is 1. The van der Waals surface area contributed by atoms with Gasteiger partial charge in [-0.2, -0.15) is 11.8 Å². The van der Waals surface area contributed by atoms with Crippen LogP contribution in [0.4, 0.5) is 0 Å². The summed E-state index contributed by atoms with van der Waals surface area (Å²) in [5.41, 5.74) is 1.01. The van der Waals surface area contributed by atoms with E-state index in [0.717, 1.165) is 23.5 Å². The number of allylic oxidation sites excluding steroid dienone is 6. The molecule has 8 heteroatoms. The van der Waals surface area contributed by atoms with Gasteiger partial charge in [0.25, 0.3) is 0 Å². The molecule has 0 fully saturated rings. The van der Waals surface area contributed by atoms with Gasteiger partial charge >= 0.3 is 0 Å². The molecule has 0 bridgehead atoms. The molecular formula is C28H37N3O4S. The minimum Gasteiger partial charge on any atom is -0.494 e. The van der Waals surface area contributed by atoms with Crippen LogP contribution >= 0.6 is 11.8 Å². The third kappa shape index (κ3) is 13.6. The molecule has 0 aromatic heterocycles. The Bertz CT molecular complexity index is 941. The number of carbonyl (C=O) groups excluding carboxylic acids is 3. The highest BCUT2D eigenvalue weighted by molar-refractivity contribution is 7.99. The van der Waals surface area contributed by atoms with Gasteiger partial charge in [-0.25, -0.2) is 0 Å². The highest BCUT2D eigenvalue weighted by Crippen LogP contribution is 2.09. The van der Waals surface area contributed by atoms with Crippen molar-refractivity contribution in [2.24, 2.45) is 0 Å². The van der Waals surface area contributed by atoms with Crippen LogP contribution in [0.5, 0.6) is 5.75 Å². The number of hydrogen-bond donors (Lipinski definition) is 3. The van der Waals surface area contributed by atoms with Crippen molar-refractivity contribution in [1.82, 2.24) is 16.0 Å².